The molecule has 0 amide bonds. The molecule has 2 rings (SSSR count). The molecule has 2 aromatic rings. The molecule has 0 spiro atoms. The van der Waals surface area contributed by atoms with Gasteiger partial charge in [0.1, 0.15) is 5.52 Å². The Kier molecular flexibility index (Phi) is 2.49. The van der Waals surface area contributed by atoms with Gasteiger partial charge in [-0.2, -0.15) is 23.4 Å². The molecule has 0 atom stereocenters. The molecule has 98 valence electrons. The van der Waals surface area contributed by atoms with Gasteiger partial charge in [-0.1, -0.05) is 0 Å². The summed E-state index contributed by atoms with van der Waals surface area (Å²) in [6, 6.07) is 0. The van der Waals surface area contributed by atoms with Crippen LogP contribution in [0.15, 0.2) is 11.0 Å². The minimum absolute atomic E-state index is 0.121. The number of hydrogen-bond donors (Lipinski definition) is 1. The molecular formula is C10H11F3N4O. The van der Waals surface area contributed by atoms with Crippen molar-refractivity contribution in [2.45, 2.75) is 32.5 Å². The quantitative estimate of drug-likeness (QED) is 0.786. The highest BCUT2D eigenvalue weighted by Crippen LogP contribution is 2.32. The Morgan fingerprint density at radius 2 is 1.89 bits per heavy atom. The topological polar surface area (TPSA) is 63.6 Å². The van der Waals surface area contributed by atoms with Crippen molar-refractivity contribution in [3.63, 3.8) is 0 Å². The minimum atomic E-state index is -4.63. The first kappa shape index (κ1) is 12.6. The average molecular weight is 260 g/mol. The van der Waals surface area contributed by atoms with Crippen LogP contribution in [0.3, 0.4) is 0 Å². The minimum Gasteiger partial charge on any atom is -0.266 e. The van der Waals surface area contributed by atoms with E-state index in [1.54, 1.807) is 20.8 Å². The maximum Gasteiger partial charge on any atom is 0.435 e. The fraction of sp³-hybridized carbons (Fsp3) is 0.500. The number of aromatic amines is 1. The number of alkyl halides is 3. The molecular weight excluding hydrogens is 249 g/mol. The Bertz CT molecular complexity index is 648. The van der Waals surface area contributed by atoms with Crippen LogP contribution in [0, 0.1) is 0 Å². The van der Waals surface area contributed by atoms with E-state index in [0.717, 1.165) is 6.20 Å². The monoisotopic (exact) mass is 260 g/mol. The number of nitrogens with one attached hydrogen (secondary N) is 1. The van der Waals surface area contributed by atoms with Crippen molar-refractivity contribution in [3.8, 4) is 0 Å². The molecule has 1 N–H and O–H groups in total. The van der Waals surface area contributed by atoms with Gasteiger partial charge < -0.3 is 0 Å². The Morgan fingerprint density at radius 3 is 2.39 bits per heavy atom. The Balaban J connectivity index is 2.88. The molecule has 8 heteroatoms. The summed E-state index contributed by atoms with van der Waals surface area (Å²) >= 11 is 0. The third kappa shape index (κ3) is 1.87. The summed E-state index contributed by atoms with van der Waals surface area (Å²) < 4.78 is 39.5. The highest BCUT2D eigenvalue weighted by molar-refractivity contribution is 5.80. The lowest BCUT2D eigenvalue weighted by atomic mass is 10.1. The van der Waals surface area contributed by atoms with Crippen LogP contribution in [0.5, 0.6) is 0 Å². The molecule has 0 aromatic carbocycles. The van der Waals surface area contributed by atoms with Gasteiger partial charge in [0, 0.05) is 0 Å². The van der Waals surface area contributed by atoms with Crippen molar-refractivity contribution in [1.82, 2.24) is 20.0 Å². The molecule has 0 fully saturated rings. The molecule has 0 aliphatic carbocycles. The summed E-state index contributed by atoms with van der Waals surface area (Å²) in [4.78, 5) is 11.6. The first-order valence-electron chi connectivity index (χ1n) is 5.16. The lowest BCUT2D eigenvalue weighted by molar-refractivity contribution is -0.140. The van der Waals surface area contributed by atoms with Gasteiger partial charge in [-0.25, -0.2) is 5.10 Å². The van der Waals surface area contributed by atoms with Crippen molar-refractivity contribution < 1.29 is 13.2 Å². The summed E-state index contributed by atoms with van der Waals surface area (Å²) in [7, 11) is 0. The van der Waals surface area contributed by atoms with Gasteiger partial charge in [0.2, 0.25) is 0 Å². The van der Waals surface area contributed by atoms with Crippen LogP contribution in [0.25, 0.3) is 10.9 Å². The van der Waals surface area contributed by atoms with Gasteiger partial charge in [-0.05, 0) is 20.8 Å². The zero-order chi connectivity index (χ0) is 13.7. The van der Waals surface area contributed by atoms with E-state index in [0.29, 0.717) is 0 Å². The van der Waals surface area contributed by atoms with E-state index in [9.17, 15) is 18.0 Å². The standard InChI is InChI=1S/C10H11F3N4O/c1-9(2,3)17-6-5(4-14-17)7(10(11,12)13)15-16-8(6)18/h4H,1-3H3,(H,16,18). The summed E-state index contributed by atoms with van der Waals surface area (Å²) in [6.45, 7) is 5.23. The molecule has 2 heterocycles. The number of fused-ring (bicyclic) bond motifs is 1. The largest absolute Gasteiger partial charge is 0.435 e. The van der Waals surface area contributed by atoms with Crippen LogP contribution in [0.4, 0.5) is 13.2 Å². The molecule has 0 unspecified atom stereocenters. The molecule has 0 aliphatic heterocycles. The zero-order valence-electron chi connectivity index (χ0n) is 9.96. The SMILES string of the molecule is CC(C)(C)n1ncc2c(C(F)(F)F)n[nH]c(=O)c21. The molecule has 5 nitrogen and oxygen atoms in total. The molecule has 0 aliphatic rings. The van der Waals surface area contributed by atoms with Crippen molar-refractivity contribution in [3.05, 3.63) is 22.2 Å². The van der Waals surface area contributed by atoms with Crippen molar-refractivity contribution in [2.75, 3.05) is 0 Å². The van der Waals surface area contributed by atoms with Crippen molar-refractivity contribution >= 4 is 10.9 Å². The van der Waals surface area contributed by atoms with Crippen molar-refractivity contribution in [1.29, 1.82) is 0 Å². The van der Waals surface area contributed by atoms with Crippen LogP contribution in [0.2, 0.25) is 0 Å². The number of hydrogen-bond acceptors (Lipinski definition) is 3. The Morgan fingerprint density at radius 1 is 1.28 bits per heavy atom. The lowest BCUT2D eigenvalue weighted by Gasteiger charge is -2.20. The molecule has 2 aromatic heterocycles. The van der Waals surface area contributed by atoms with E-state index < -0.39 is 23.0 Å². The summed E-state index contributed by atoms with van der Waals surface area (Å²) in [5, 5.41) is 8.49. The second-order valence-corrected chi connectivity index (χ2v) is 4.89. The van der Waals surface area contributed by atoms with Crippen LogP contribution < -0.4 is 5.56 Å². The maximum atomic E-state index is 12.7. The number of halogens is 3. The van der Waals surface area contributed by atoms with E-state index in [-0.39, 0.29) is 10.9 Å². The smallest absolute Gasteiger partial charge is 0.266 e. The molecule has 0 saturated heterocycles. The fourth-order valence-electron chi connectivity index (χ4n) is 1.68. The first-order chi connectivity index (χ1) is 8.12. The van der Waals surface area contributed by atoms with E-state index in [4.69, 9.17) is 0 Å². The Hall–Kier alpha value is -1.86. The Labute approximate surface area is 99.6 Å². The summed E-state index contributed by atoms with van der Waals surface area (Å²) in [5.41, 5.74) is -2.54. The lowest BCUT2D eigenvalue weighted by Crippen LogP contribution is -2.27. The van der Waals surface area contributed by atoms with E-state index >= 15 is 0 Å². The predicted molar refractivity (Wildman–Crippen MR) is 58.1 cm³/mol. The normalized spacial score (nSPS) is 13.2. The second kappa shape index (κ2) is 3.56. The van der Waals surface area contributed by atoms with Crippen molar-refractivity contribution in [2.24, 2.45) is 0 Å². The van der Waals surface area contributed by atoms with Crippen LogP contribution in [0.1, 0.15) is 26.5 Å². The molecule has 18 heavy (non-hydrogen) atoms. The van der Waals surface area contributed by atoms with Crippen LogP contribution in [-0.2, 0) is 11.7 Å². The number of H-pyrrole nitrogens is 1. The summed E-state index contributed by atoms with van der Waals surface area (Å²) in [5.74, 6) is 0. The highest BCUT2D eigenvalue weighted by Gasteiger charge is 2.37. The average Bonchev–Trinajstić information content (AvgIpc) is 2.60. The van der Waals surface area contributed by atoms with E-state index in [1.807, 2.05) is 5.10 Å². The molecule has 0 saturated carbocycles. The molecule has 0 radical (unpaired) electrons. The van der Waals surface area contributed by atoms with E-state index in [2.05, 4.69) is 10.2 Å². The number of rotatable bonds is 0. The van der Waals surface area contributed by atoms with Crippen LogP contribution in [-0.4, -0.2) is 20.0 Å². The third-order valence-corrected chi connectivity index (χ3v) is 2.41. The van der Waals surface area contributed by atoms with Gasteiger partial charge in [0.15, 0.2) is 5.69 Å². The number of aromatic nitrogens is 4. The highest BCUT2D eigenvalue weighted by atomic mass is 19.4. The molecule has 0 bridgehead atoms. The zero-order valence-corrected chi connectivity index (χ0v) is 9.96. The van der Waals surface area contributed by atoms with Gasteiger partial charge in [-0.15, -0.1) is 0 Å². The fourth-order valence-corrected chi connectivity index (χ4v) is 1.68. The maximum absolute atomic E-state index is 12.7. The predicted octanol–water partition coefficient (Wildman–Crippen LogP) is 1.89. The first-order valence-corrected chi connectivity index (χ1v) is 5.16. The van der Waals surface area contributed by atoms with Crippen LogP contribution >= 0.6 is 0 Å². The number of nitrogens with zero attached hydrogens (tertiary/aromatic N) is 3. The second-order valence-electron chi connectivity index (χ2n) is 4.89. The van der Waals surface area contributed by atoms with E-state index in [1.165, 1.54) is 4.68 Å². The summed E-state index contributed by atoms with van der Waals surface area (Å²) in [6.07, 6.45) is -3.61. The van der Waals surface area contributed by atoms with Gasteiger partial charge in [0.25, 0.3) is 5.56 Å². The van der Waals surface area contributed by atoms with Gasteiger partial charge in [0.05, 0.1) is 17.1 Å². The third-order valence-electron chi connectivity index (χ3n) is 2.41. The van der Waals surface area contributed by atoms with Gasteiger partial charge in [-0.3, -0.25) is 9.48 Å². The van der Waals surface area contributed by atoms with Gasteiger partial charge >= 0.3 is 6.18 Å².